The predicted octanol–water partition coefficient (Wildman–Crippen LogP) is 4.02. The highest BCUT2D eigenvalue weighted by atomic mass is 35.5. The topological polar surface area (TPSA) is 21.3 Å². The van der Waals surface area contributed by atoms with Gasteiger partial charge in [0.2, 0.25) is 0 Å². The van der Waals surface area contributed by atoms with Crippen molar-refractivity contribution in [3.05, 3.63) is 28.8 Å². The van der Waals surface area contributed by atoms with Crippen LogP contribution in [0.3, 0.4) is 0 Å². The summed E-state index contributed by atoms with van der Waals surface area (Å²) in [5.74, 6) is -1.20. The van der Waals surface area contributed by atoms with Crippen LogP contribution >= 0.6 is 11.6 Å². The summed E-state index contributed by atoms with van der Waals surface area (Å²) in [5, 5.41) is 3.14. The van der Waals surface area contributed by atoms with E-state index in [0.29, 0.717) is 5.92 Å². The molecule has 0 aliphatic carbocycles. The molecule has 1 aliphatic rings. The molecule has 112 valence electrons. The van der Waals surface area contributed by atoms with Crippen LogP contribution in [0.1, 0.15) is 26.7 Å². The van der Waals surface area contributed by atoms with Crippen LogP contribution in [0.5, 0.6) is 5.75 Å². The summed E-state index contributed by atoms with van der Waals surface area (Å²) in [7, 11) is 0. The largest absolute Gasteiger partial charge is 0.484 e. The third-order valence-electron chi connectivity index (χ3n) is 3.60. The standard InChI is InChI=1S/C15H20ClF2NO/c1-9(2)7-13(10-5-6-19-8-10)20-15-12(17)4-3-11(16)14(15)18/h3-4,9-10,13,19H,5-8H2,1-2H3/t10?,13-/m0/s1. The first kappa shape index (κ1) is 15.5. The van der Waals surface area contributed by atoms with E-state index in [2.05, 4.69) is 19.2 Å². The molecular formula is C15H20ClF2NO. The normalized spacial score (nSPS) is 20.4. The Morgan fingerprint density at radius 1 is 1.40 bits per heavy atom. The minimum Gasteiger partial charge on any atom is -0.484 e. The summed E-state index contributed by atoms with van der Waals surface area (Å²) in [6.45, 7) is 5.89. The summed E-state index contributed by atoms with van der Waals surface area (Å²) in [6, 6.07) is 2.34. The summed E-state index contributed by atoms with van der Waals surface area (Å²) < 4.78 is 33.4. The molecule has 0 aromatic heterocycles. The van der Waals surface area contributed by atoms with Crippen molar-refractivity contribution >= 4 is 11.6 Å². The van der Waals surface area contributed by atoms with Crippen LogP contribution in [0, 0.1) is 23.5 Å². The van der Waals surface area contributed by atoms with Crippen molar-refractivity contribution in [1.82, 2.24) is 5.32 Å². The summed E-state index contributed by atoms with van der Waals surface area (Å²) in [6.07, 6.45) is 1.52. The summed E-state index contributed by atoms with van der Waals surface area (Å²) in [4.78, 5) is 0. The van der Waals surface area contributed by atoms with Crippen molar-refractivity contribution in [2.45, 2.75) is 32.8 Å². The lowest BCUT2D eigenvalue weighted by Crippen LogP contribution is -2.31. The van der Waals surface area contributed by atoms with E-state index >= 15 is 0 Å². The Bertz CT molecular complexity index is 461. The van der Waals surface area contributed by atoms with E-state index in [1.807, 2.05) is 0 Å². The van der Waals surface area contributed by atoms with Gasteiger partial charge in [0.25, 0.3) is 0 Å². The molecule has 2 rings (SSSR count). The summed E-state index contributed by atoms with van der Waals surface area (Å²) in [5.41, 5.74) is 0. The van der Waals surface area contributed by atoms with E-state index in [-0.39, 0.29) is 22.8 Å². The van der Waals surface area contributed by atoms with E-state index in [1.165, 1.54) is 6.07 Å². The number of hydrogen-bond donors (Lipinski definition) is 1. The van der Waals surface area contributed by atoms with Crippen molar-refractivity contribution in [3.63, 3.8) is 0 Å². The maximum absolute atomic E-state index is 13.9. The molecule has 2 nitrogen and oxygen atoms in total. The Hall–Kier alpha value is -0.870. The molecule has 1 aromatic rings. The number of halogens is 3. The highest BCUT2D eigenvalue weighted by Crippen LogP contribution is 2.32. The van der Waals surface area contributed by atoms with Crippen LogP contribution in [-0.2, 0) is 0 Å². The van der Waals surface area contributed by atoms with Crippen molar-refractivity contribution in [1.29, 1.82) is 0 Å². The molecule has 1 saturated heterocycles. The quantitative estimate of drug-likeness (QED) is 0.830. The Morgan fingerprint density at radius 2 is 2.15 bits per heavy atom. The van der Waals surface area contributed by atoms with Crippen LogP contribution in [-0.4, -0.2) is 19.2 Å². The molecule has 20 heavy (non-hydrogen) atoms. The molecule has 2 atom stereocenters. The second-order valence-electron chi connectivity index (χ2n) is 5.71. The minimum atomic E-state index is -0.814. The number of benzene rings is 1. The molecule has 0 saturated carbocycles. The van der Waals surface area contributed by atoms with Gasteiger partial charge in [-0.3, -0.25) is 0 Å². The van der Waals surface area contributed by atoms with E-state index < -0.39 is 11.6 Å². The second-order valence-corrected chi connectivity index (χ2v) is 6.12. The van der Waals surface area contributed by atoms with Gasteiger partial charge in [-0.05, 0) is 37.4 Å². The molecule has 1 unspecified atom stereocenters. The van der Waals surface area contributed by atoms with Crippen molar-refractivity contribution in [3.8, 4) is 5.75 Å². The molecule has 0 amide bonds. The molecule has 0 radical (unpaired) electrons. The Kier molecular flexibility index (Phi) is 5.22. The molecule has 5 heteroatoms. The van der Waals surface area contributed by atoms with E-state index in [1.54, 1.807) is 0 Å². The van der Waals surface area contributed by atoms with Gasteiger partial charge in [-0.15, -0.1) is 0 Å². The number of nitrogens with one attached hydrogen (secondary N) is 1. The molecule has 1 aromatic carbocycles. The maximum atomic E-state index is 13.9. The molecule has 1 heterocycles. The van der Waals surface area contributed by atoms with Crippen molar-refractivity contribution < 1.29 is 13.5 Å². The van der Waals surface area contributed by atoms with Crippen LogP contribution in [0.15, 0.2) is 12.1 Å². The zero-order chi connectivity index (χ0) is 14.7. The molecule has 0 bridgehead atoms. The monoisotopic (exact) mass is 303 g/mol. The Labute approximate surface area is 123 Å². The lowest BCUT2D eigenvalue weighted by molar-refractivity contribution is 0.109. The first-order valence-electron chi connectivity index (χ1n) is 7.00. The molecule has 1 fully saturated rings. The Morgan fingerprint density at radius 3 is 2.75 bits per heavy atom. The zero-order valence-electron chi connectivity index (χ0n) is 11.8. The maximum Gasteiger partial charge on any atom is 0.192 e. The average molecular weight is 304 g/mol. The highest BCUT2D eigenvalue weighted by Gasteiger charge is 2.29. The minimum absolute atomic E-state index is 0.116. The third kappa shape index (κ3) is 3.61. The van der Waals surface area contributed by atoms with Crippen LogP contribution in [0.2, 0.25) is 5.02 Å². The fourth-order valence-electron chi connectivity index (χ4n) is 2.56. The highest BCUT2D eigenvalue weighted by molar-refractivity contribution is 6.30. The van der Waals surface area contributed by atoms with Gasteiger partial charge in [-0.2, -0.15) is 0 Å². The van der Waals surface area contributed by atoms with Crippen LogP contribution < -0.4 is 10.1 Å². The Balaban J connectivity index is 2.20. The molecule has 1 N–H and O–H groups in total. The van der Waals surface area contributed by atoms with Gasteiger partial charge in [-0.1, -0.05) is 25.4 Å². The molecule has 0 spiro atoms. The van der Waals surface area contributed by atoms with Gasteiger partial charge in [-0.25, -0.2) is 8.78 Å². The lowest BCUT2D eigenvalue weighted by Gasteiger charge is -2.26. The molecule has 1 aliphatic heterocycles. The predicted molar refractivity (Wildman–Crippen MR) is 76.2 cm³/mol. The SMILES string of the molecule is CC(C)C[C@H](Oc1c(F)ccc(Cl)c1F)C1CCNC1. The van der Waals surface area contributed by atoms with E-state index in [0.717, 1.165) is 32.0 Å². The van der Waals surface area contributed by atoms with Crippen molar-refractivity contribution in [2.75, 3.05) is 13.1 Å². The van der Waals surface area contributed by atoms with Gasteiger partial charge in [0.1, 0.15) is 6.10 Å². The van der Waals surface area contributed by atoms with Crippen molar-refractivity contribution in [2.24, 2.45) is 11.8 Å². The second kappa shape index (κ2) is 6.72. The fraction of sp³-hybridized carbons (Fsp3) is 0.600. The van der Waals surface area contributed by atoms with Crippen LogP contribution in [0.4, 0.5) is 8.78 Å². The van der Waals surface area contributed by atoms with E-state index in [4.69, 9.17) is 16.3 Å². The van der Waals surface area contributed by atoms with Gasteiger partial charge in [0.15, 0.2) is 17.4 Å². The molecular weight excluding hydrogens is 284 g/mol. The van der Waals surface area contributed by atoms with Gasteiger partial charge in [0.05, 0.1) is 5.02 Å². The van der Waals surface area contributed by atoms with Gasteiger partial charge < -0.3 is 10.1 Å². The average Bonchev–Trinajstić information content (AvgIpc) is 2.91. The third-order valence-corrected chi connectivity index (χ3v) is 3.89. The van der Waals surface area contributed by atoms with Gasteiger partial charge >= 0.3 is 0 Å². The first-order chi connectivity index (χ1) is 9.49. The van der Waals surface area contributed by atoms with Crippen LogP contribution in [0.25, 0.3) is 0 Å². The summed E-state index contributed by atoms with van der Waals surface area (Å²) >= 11 is 5.70. The zero-order valence-corrected chi connectivity index (χ0v) is 12.5. The van der Waals surface area contributed by atoms with Gasteiger partial charge in [0, 0.05) is 12.5 Å². The van der Waals surface area contributed by atoms with E-state index in [9.17, 15) is 8.78 Å². The first-order valence-corrected chi connectivity index (χ1v) is 7.37. The smallest absolute Gasteiger partial charge is 0.192 e. The number of rotatable bonds is 5. The number of ether oxygens (including phenoxy) is 1. The fourth-order valence-corrected chi connectivity index (χ4v) is 2.71. The lowest BCUT2D eigenvalue weighted by atomic mass is 9.93. The number of hydrogen-bond acceptors (Lipinski definition) is 2.